The molecule has 0 saturated carbocycles. The standard InChI is InChI=1S/C15H24F3NO3/c1-3-5-6-10(4-2)7-13(20)19-8-11(14(21)22)12(9-19)15(16,17)18/h10-12H,3-9H2,1-2H3,(H,21,22)/t10?,11-,12-/m1/s1. The summed E-state index contributed by atoms with van der Waals surface area (Å²) in [6.07, 6.45) is -0.736. The lowest BCUT2D eigenvalue weighted by Crippen LogP contribution is -2.34. The van der Waals surface area contributed by atoms with E-state index in [0.717, 1.165) is 30.6 Å². The summed E-state index contributed by atoms with van der Waals surface area (Å²) in [7, 11) is 0. The zero-order chi connectivity index (χ0) is 16.9. The van der Waals surface area contributed by atoms with Gasteiger partial charge in [0.1, 0.15) is 0 Å². The molecular formula is C15H24F3NO3. The van der Waals surface area contributed by atoms with Crippen molar-refractivity contribution in [3.05, 3.63) is 0 Å². The highest BCUT2D eigenvalue weighted by atomic mass is 19.4. The minimum Gasteiger partial charge on any atom is -0.481 e. The number of hydrogen-bond acceptors (Lipinski definition) is 2. The highest BCUT2D eigenvalue weighted by molar-refractivity contribution is 5.79. The van der Waals surface area contributed by atoms with Crippen LogP contribution in [-0.4, -0.2) is 41.1 Å². The highest BCUT2D eigenvalue weighted by Crippen LogP contribution is 2.38. The molecule has 7 heteroatoms. The normalized spacial score (nSPS) is 23.6. The van der Waals surface area contributed by atoms with Crippen LogP contribution < -0.4 is 0 Å². The van der Waals surface area contributed by atoms with Gasteiger partial charge in [0.05, 0.1) is 11.8 Å². The smallest absolute Gasteiger partial charge is 0.394 e. The van der Waals surface area contributed by atoms with E-state index in [1.54, 1.807) is 0 Å². The fourth-order valence-corrected chi connectivity index (χ4v) is 2.91. The van der Waals surface area contributed by atoms with Gasteiger partial charge in [-0.25, -0.2) is 0 Å². The highest BCUT2D eigenvalue weighted by Gasteiger charge is 2.53. The summed E-state index contributed by atoms with van der Waals surface area (Å²) in [5, 5.41) is 8.95. The topological polar surface area (TPSA) is 57.6 Å². The van der Waals surface area contributed by atoms with Crippen LogP contribution in [0, 0.1) is 17.8 Å². The number of nitrogens with zero attached hydrogens (tertiary/aromatic N) is 1. The lowest BCUT2D eigenvalue weighted by Gasteiger charge is -2.21. The summed E-state index contributed by atoms with van der Waals surface area (Å²) in [6.45, 7) is 3.11. The number of carbonyl (C=O) groups is 2. The second-order valence-electron chi connectivity index (χ2n) is 6.01. The molecule has 1 N–H and O–H groups in total. The Morgan fingerprint density at radius 3 is 2.32 bits per heavy atom. The molecule has 0 aromatic carbocycles. The SMILES string of the molecule is CCCCC(CC)CC(=O)N1C[C@@H](C(F)(F)F)[C@H](C(=O)O)C1. The van der Waals surface area contributed by atoms with E-state index in [0.29, 0.717) is 0 Å². The predicted octanol–water partition coefficient (Wildman–Crippen LogP) is 3.31. The molecule has 4 nitrogen and oxygen atoms in total. The Bertz CT molecular complexity index is 398. The van der Waals surface area contributed by atoms with Gasteiger partial charge in [0.25, 0.3) is 0 Å². The molecule has 1 rings (SSSR count). The Hall–Kier alpha value is -1.27. The average Bonchev–Trinajstić information content (AvgIpc) is 2.88. The van der Waals surface area contributed by atoms with Crippen molar-refractivity contribution in [2.24, 2.45) is 17.8 Å². The summed E-state index contributed by atoms with van der Waals surface area (Å²) in [6, 6.07) is 0. The summed E-state index contributed by atoms with van der Waals surface area (Å²) in [5.41, 5.74) is 0. The van der Waals surface area contributed by atoms with E-state index in [1.165, 1.54) is 0 Å². The van der Waals surface area contributed by atoms with Gasteiger partial charge in [-0.15, -0.1) is 0 Å². The number of carboxylic acid groups (broad SMARTS) is 1. The molecule has 1 fully saturated rings. The second kappa shape index (κ2) is 7.83. The van der Waals surface area contributed by atoms with Crippen molar-refractivity contribution < 1.29 is 27.9 Å². The number of aliphatic carboxylic acids is 1. The first-order valence-electron chi connectivity index (χ1n) is 7.77. The molecule has 0 spiro atoms. The summed E-state index contributed by atoms with van der Waals surface area (Å²) in [5.74, 6) is -5.22. The molecule has 0 aromatic heterocycles. The molecule has 0 radical (unpaired) electrons. The Morgan fingerprint density at radius 2 is 1.91 bits per heavy atom. The molecule has 3 atom stereocenters. The number of halogens is 3. The Balaban J connectivity index is 2.69. The van der Waals surface area contributed by atoms with Gasteiger partial charge in [-0.1, -0.05) is 33.1 Å². The maximum Gasteiger partial charge on any atom is 0.394 e. The number of likely N-dealkylation sites (tertiary alicyclic amines) is 1. The van der Waals surface area contributed by atoms with Gasteiger partial charge in [0, 0.05) is 19.5 Å². The van der Waals surface area contributed by atoms with E-state index < -0.39 is 30.5 Å². The third kappa shape index (κ3) is 4.88. The van der Waals surface area contributed by atoms with E-state index in [2.05, 4.69) is 0 Å². The van der Waals surface area contributed by atoms with Gasteiger partial charge in [-0.3, -0.25) is 9.59 Å². The molecule has 0 aliphatic carbocycles. The van der Waals surface area contributed by atoms with Crippen molar-refractivity contribution in [1.29, 1.82) is 0 Å². The molecule has 1 aliphatic rings. The first-order valence-corrected chi connectivity index (χ1v) is 7.77. The summed E-state index contributed by atoms with van der Waals surface area (Å²) < 4.78 is 38.7. The molecule has 128 valence electrons. The van der Waals surface area contributed by atoms with Crippen molar-refractivity contribution >= 4 is 11.9 Å². The molecule has 1 unspecified atom stereocenters. The van der Waals surface area contributed by atoms with Gasteiger partial charge in [0.2, 0.25) is 5.91 Å². The number of alkyl halides is 3. The van der Waals surface area contributed by atoms with Crippen LogP contribution in [0.1, 0.15) is 46.0 Å². The molecule has 1 saturated heterocycles. The van der Waals surface area contributed by atoms with Crippen LogP contribution in [0.2, 0.25) is 0 Å². The Labute approximate surface area is 128 Å². The Morgan fingerprint density at radius 1 is 1.27 bits per heavy atom. The fraction of sp³-hybridized carbons (Fsp3) is 0.867. The van der Waals surface area contributed by atoms with Gasteiger partial charge in [-0.2, -0.15) is 13.2 Å². The number of rotatable bonds is 7. The maximum absolute atomic E-state index is 12.9. The van der Waals surface area contributed by atoms with Gasteiger partial charge >= 0.3 is 12.1 Å². The maximum atomic E-state index is 12.9. The van der Waals surface area contributed by atoms with Crippen LogP contribution in [0.25, 0.3) is 0 Å². The van der Waals surface area contributed by atoms with Crippen molar-refractivity contribution in [2.75, 3.05) is 13.1 Å². The lowest BCUT2D eigenvalue weighted by atomic mass is 9.95. The van der Waals surface area contributed by atoms with Crippen LogP contribution in [0.5, 0.6) is 0 Å². The van der Waals surface area contributed by atoms with Gasteiger partial charge < -0.3 is 10.0 Å². The third-order valence-electron chi connectivity index (χ3n) is 4.42. The Kier molecular flexibility index (Phi) is 6.68. The van der Waals surface area contributed by atoms with E-state index in [1.807, 2.05) is 13.8 Å². The summed E-state index contributed by atoms with van der Waals surface area (Å²) in [4.78, 5) is 24.3. The number of carboxylic acids is 1. The number of hydrogen-bond donors (Lipinski definition) is 1. The van der Waals surface area contributed by atoms with Crippen molar-refractivity contribution in [1.82, 2.24) is 4.90 Å². The first-order chi connectivity index (χ1) is 10.2. The van der Waals surface area contributed by atoms with Crippen LogP contribution in [-0.2, 0) is 9.59 Å². The van der Waals surface area contributed by atoms with Crippen LogP contribution >= 0.6 is 0 Å². The molecule has 1 amide bonds. The minimum absolute atomic E-state index is 0.153. The fourth-order valence-electron chi connectivity index (χ4n) is 2.91. The van der Waals surface area contributed by atoms with Gasteiger partial charge in [-0.05, 0) is 12.3 Å². The zero-order valence-corrected chi connectivity index (χ0v) is 13.0. The molecule has 0 aromatic rings. The van der Waals surface area contributed by atoms with Crippen molar-refractivity contribution in [3.63, 3.8) is 0 Å². The predicted molar refractivity (Wildman–Crippen MR) is 75.2 cm³/mol. The second-order valence-corrected chi connectivity index (χ2v) is 6.01. The summed E-state index contributed by atoms with van der Waals surface area (Å²) >= 11 is 0. The number of carbonyl (C=O) groups excluding carboxylic acids is 1. The van der Waals surface area contributed by atoms with Crippen molar-refractivity contribution in [2.45, 2.75) is 52.1 Å². The third-order valence-corrected chi connectivity index (χ3v) is 4.42. The molecule has 0 bridgehead atoms. The lowest BCUT2D eigenvalue weighted by molar-refractivity contribution is -0.188. The minimum atomic E-state index is -4.59. The van der Waals surface area contributed by atoms with E-state index in [4.69, 9.17) is 5.11 Å². The average molecular weight is 323 g/mol. The number of unbranched alkanes of at least 4 members (excludes halogenated alkanes) is 1. The first kappa shape index (κ1) is 18.8. The van der Waals surface area contributed by atoms with E-state index in [-0.39, 0.29) is 24.8 Å². The van der Waals surface area contributed by atoms with E-state index in [9.17, 15) is 22.8 Å². The van der Waals surface area contributed by atoms with Crippen LogP contribution in [0.15, 0.2) is 0 Å². The van der Waals surface area contributed by atoms with Gasteiger partial charge in [0.15, 0.2) is 0 Å². The molecule has 1 heterocycles. The molecule has 1 aliphatic heterocycles. The van der Waals surface area contributed by atoms with E-state index >= 15 is 0 Å². The van der Waals surface area contributed by atoms with Crippen LogP contribution in [0.3, 0.4) is 0 Å². The zero-order valence-electron chi connectivity index (χ0n) is 13.0. The number of amides is 1. The molecule has 22 heavy (non-hydrogen) atoms. The largest absolute Gasteiger partial charge is 0.481 e. The van der Waals surface area contributed by atoms with Crippen LogP contribution in [0.4, 0.5) is 13.2 Å². The monoisotopic (exact) mass is 323 g/mol. The quantitative estimate of drug-likeness (QED) is 0.782. The molecular weight excluding hydrogens is 299 g/mol. The van der Waals surface area contributed by atoms with Crippen molar-refractivity contribution in [3.8, 4) is 0 Å².